The molecule has 0 saturated carbocycles. The van der Waals surface area contributed by atoms with Crippen LogP contribution in [0.3, 0.4) is 0 Å². The second kappa shape index (κ2) is 7.68. The molecule has 0 amide bonds. The molecule has 11 heteroatoms. The van der Waals surface area contributed by atoms with Gasteiger partial charge in [-0.05, 0) is 6.07 Å². The number of rotatable bonds is 4. The van der Waals surface area contributed by atoms with Crippen LogP contribution >= 0.6 is 23.2 Å². The first-order chi connectivity index (χ1) is 11.8. The van der Waals surface area contributed by atoms with Gasteiger partial charge in [0.1, 0.15) is 18.1 Å². The number of carbonyl (C=O) groups is 2. The zero-order valence-corrected chi connectivity index (χ0v) is 14.6. The molecule has 0 radical (unpaired) electrons. The van der Waals surface area contributed by atoms with Gasteiger partial charge >= 0.3 is 11.9 Å². The number of methoxy groups -OCH3 is 2. The minimum atomic E-state index is -0.899. The molecule has 2 rings (SSSR count). The number of halogens is 2. The van der Waals surface area contributed by atoms with Crippen LogP contribution in [-0.2, 0) is 23.8 Å². The number of carbonyl (C=O) groups excluding carboxylic acids is 2. The van der Waals surface area contributed by atoms with E-state index in [-0.39, 0.29) is 40.3 Å². The highest BCUT2D eigenvalue weighted by Crippen LogP contribution is 2.41. The van der Waals surface area contributed by atoms with Crippen molar-refractivity contribution in [3.63, 3.8) is 0 Å². The molecular weight excluding hydrogens is 379 g/mol. The van der Waals surface area contributed by atoms with Crippen LogP contribution in [0.15, 0.2) is 23.4 Å². The highest BCUT2D eigenvalue weighted by Gasteiger charge is 2.36. The van der Waals surface area contributed by atoms with Crippen LogP contribution in [0.5, 0.6) is 0 Å². The molecule has 0 bridgehead atoms. The number of hydrogen-bond acceptors (Lipinski definition) is 8. The normalized spacial score (nSPS) is 14.3. The molecule has 1 aromatic rings. The number of benzene rings is 1. The molecule has 1 aliphatic heterocycles. The Hall–Kier alpha value is -2.36. The molecule has 1 aliphatic rings. The van der Waals surface area contributed by atoms with Crippen molar-refractivity contribution in [1.82, 2.24) is 0 Å². The fourth-order valence-electron chi connectivity index (χ4n) is 2.28. The summed E-state index contributed by atoms with van der Waals surface area (Å²) < 4.78 is 14.6. The molecule has 0 N–H and O–H groups in total. The number of anilines is 1. The molecule has 0 aliphatic carbocycles. The molecule has 1 aromatic carbocycles. The lowest BCUT2D eigenvalue weighted by atomic mass is 10.1. The number of esters is 2. The van der Waals surface area contributed by atoms with Gasteiger partial charge in [0.2, 0.25) is 0 Å². The van der Waals surface area contributed by atoms with E-state index in [0.29, 0.717) is 0 Å². The van der Waals surface area contributed by atoms with Crippen LogP contribution in [-0.4, -0.2) is 44.4 Å². The van der Waals surface area contributed by atoms with E-state index in [4.69, 9.17) is 27.9 Å². The van der Waals surface area contributed by atoms with E-state index in [1.165, 1.54) is 6.07 Å². The van der Waals surface area contributed by atoms with Gasteiger partial charge in [0.25, 0.3) is 5.69 Å². The number of hydrogen-bond donors (Lipinski definition) is 0. The topological polar surface area (TPSA) is 108 Å². The summed E-state index contributed by atoms with van der Waals surface area (Å²) in [6, 6.07) is 2.34. The monoisotopic (exact) mass is 390 g/mol. The average molecular weight is 391 g/mol. The number of nitrogens with zero attached hydrogens (tertiary/aromatic N) is 2. The lowest BCUT2D eigenvalue weighted by Gasteiger charge is -2.31. The largest absolute Gasteiger partial charge is 0.466 e. The third-order valence-corrected chi connectivity index (χ3v) is 3.81. The maximum atomic E-state index is 12.2. The third-order valence-electron chi connectivity index (χ3n) is 3.31. The minimum absolute atomic E-state index is 0.0372. The summed E-state index contributed by atoms with van der Waals surface area (Å²) in [7, 11) is 2.23. The van der Waals surface area contributed by atoms with Crippen molar-refractivity contribution in [3.8, 4) is 0 Å². The Morgan fingerprint density at radius 3 is 2.44 bits per heavy atom. The third kappa shape index (κ3) is 3.68. The minimum Gasteiger partial charge on any atom is -0.466 e. The lowest BCUT2D eigenvalue weighted by Crippen LogP contribution is -2.39. The molecular formula is C14H12Cl2N2O7. The van der Waals surface area contributed by atoms with E-state index in [0.717, 1.165) is 25.2 Å². The summed E-state index contributed by atoms with van der Waals surface area (Å²) in [6.07, 6.45) is 0. The summed E-state index contributed by atoms with van der Waals surface area (Å²) in [5, 5.41) is 11.3. The van der Waals surface area contributed by atoms with Gasteiger partial charge in [-0.25, -0.2) is 9.59 Å². The summed E-state index contributed by atoms with van der Waals surface area (Å²) in [5.41, 5.74) is -1.03. The fourth-order valence-corrected chi connectivity index (χ4v) is 2.86. The van der Waals surface area contributed by atoms with Crippen molar-refractivity contribution < 1.29 is 28.7 Å². The molecule has 134 valence electrons. The van der Waals surface area contributed by atoms with Crippen molar-refractivity contribution in [3.05, 3.63) is 43.6 Å². The van der Waals surface area contributed by atoms with Gasteiger partial charge in [-0.2, -0.15) is 0 Å². The Morgan fingerprint density at radius 1 is 1.24 bits per heavy atom. The number of nitro benzene ring substituents is 1. The van der Waals surface area contributed by atoms with Crippen molar-refractivity contribution in [2.75, 3.05) is 32.5 Å². The first-order valence-electron chi connectivity index (χ1n) is 6.70. The summed E-state index contributed by atoms with van der Waals surface area (Å²) >= 11 is 11.9. The Morgan fingerprint density at radius 2 is 1.88 bits per heavy atom. The second-order valence-electron chi connectivity index (χ2n) is 4.73. The van der Waals surface area contributed by atoms with E-state index >= 15 is 0 Å². The SMILES string of the molecule is COC(=O)C1=C(C(=O)OC)N(c2c(Cl)cc(Cl)cc2[N+](=O)[O-])COC1. The van der Waals surface area contributed by atoms with Crippen LogP contribution < -0.4 is 4.90 Å². The first-order valence-corrected chi connectivity index (χ1v) is 7.45. The zero-order chi connectivity index (χ0) is 18.7. The van der Waals surface area contributed by atoms with E-state index in [2.05, 4.69) is 9.47 Å². The van der Waals surface area contributed by atoms with Gasteiger partial charge in [-0.1, -0.05) is 23.2 Å². The van der Waals surface area contributed by atoms with Gasteiger partial charge in [0.15, 0.2) is 0 Å². The van der Waals surface area contributed by atoms with Crippen LogP contribution in [0.25, 0.3) is 0 Å². The molecule has 0 unspecified atom stereocenters. The summed E-state index contributed by atoms with van der Waals surface area (Å²) in [5.74, 6) is -1.73. The molecule has 0 atom stereocenters. The molecule has 0 fully saturated rings. The molecule has 0 aromatic heterocycles. The highest BCUT2D eigenvalue weighted by atomic mass is 35.5. The predicted molar refractivity (Wildman–Crippen MR) is 87.5 cm³/mol. The van der Waals surface area contributed by atoms with Crippen LogP contribution in [0.4, 0.5) is 11.4 Å². The van der Waals surface area contributed by atoms with Gasteiger partial charge in [0, 0.05) is 11.1 Å². The Labute approximate surface area is 151 Å². The van der Waals surface area contributed by atoms with E-state index < -0.39 is 22.5 Å². The Balaban J connectivity index is 2.74. The fraction of sp³-hybridized carbons (Fsp3) is 0.286. The van der Waals surface area contributed by atoms with Gasteiger partial charge < -0.3 is 19.1 Å². The smallest absolute Gasteiger partial charge is 0.355 e. The maximum Gasteiger partial charge on any atom is 0.355 e. The average Bonchev–Trinajstić information content (AvgIpc) is 2.59. The van der Waals surface area contributed by atoms with Crippen LogP contribution in [0.1, 0.15) is 0 Å². The van der Waals surface area contributed by atoms with Crippen LogP contribution in [0.2, 0.25) is 10.0 Å². The molecule has 1 heterocycles. The van der Waals surface area contributed by atoms with Crippen molar-refractivity contribution in [2.24, 2.45) is 0 Å². The highest BCUT2D eigenvalue weighted by molar-refractivity contribution is 6.37. The van der Waals surface area contributed by atoms with E-state index in [1.54, 1.807) is 0 Å². The van der Waals surface area contributed by atoms with Gasteiger partial charge in [-0.3, -0.25) is 10.1 Å². The van der Waals surface area contributed by atoms with Crippen LogP contribution in [0, 0.1) is 10.1 Å². The predicted octanol–water partition coefficient (Wildman–Crippen LogP) is 2.30. The lowest BCUT2D eigenvalue weighted by molar-refractivity contribution is -0.384. The maximum absolute atomic E-state index is 12.2. The summed E-state index contributed by atoms with van der Waals surface area (Å²) in [4.78, 5) is 35.9. The van der Waals surface area contributed by atoms with Gasteiger partial charge in [0.05, 0.1) is 36.3 Å². The Bertz CT molecular complexity index is 779. The molecule has 0 spiro atoms. The number of nitro groups is 1. The van der Waals surface area contributed by atoms with E-state index in [1.807, 2.05) is 0 Å². The Kier molecular flexibility index (Phi) is 5.83. The quantitative estimate of drug-likeness (QED) is 0.437. The molecule has 9 nitrogen and oxygen atoms in total. The summed E-state index contributed by atoms with van der Waals surface area (Å²) in [6.45, 7) is -0.500. The molecule has 0 saturated heterocycles. The van der Waals surface area contributed by atoms with Crippen molar-refractivity contribution in [1.29, 1.82) is 0 Å². The molecule has 25 heavy (non-hydrogen) atoms. The standard InChI is InChI=1S/C14H12Cl2N2O7/c1-23-13(19)8-5-25-6-17(11(8)14(20)24-2)12-9(16)3-7(15)4-10(12)18(21)22/h3-4H,5-6H2,1-2H3. The number of ether oxygens (including phenoxy) is 3. The zero-order valence-electron chi connectivity index (χ0n) is 13.1. The van der Waals surface area contributed by atoms with Gasteiger partial charge in [-0.15, -0.1) is 0 Å². The van der Waals surface area contributed by atoms with E-state index in [9.17, 15) is 19.7 Å². The van der Waals surface area contributed by atoms with Crippen molar-refractivity contribution >= 4 is 46.5 Å². The second-order valence-corrected chi connectivity index (χ2v) is 5.57. The first kappa shape index (κ1) is 19.0. The van der Waals surface area contributed by atoms with Crippen molar-refractivity contribution in [2.45, 2.75) is 0 Å².